The minimum Gasteiger partial charge on any atom is -0.465 e. The number of aromatic nitrogens is 1. The molecule has 6 heteroatoms. The Bertz CT molecular complexity index is 584. The third-order valence-corrected chi connectivity index (χ3v) is 3.93. The van der Waals surface area contributed by atoms with Crippen molar-refractivity contribution in [2.45, 2.75) is 6.42 Å². The second-order valence-electron chi connectivity index (χ2n) is 4.37. The number of hydrogen-bond acceptors (Lipinski definition) is 6. The molecule has 2 N–H and O–H groups in total. The molecule has 5 nitrogen and oxygen atoms in total. The summed E-state index contributed by atoms with van der Waals surface area (Å²) >= 11 is 1.73. The van der Waals surface area contributed by atoms with Gasteiger partial charge in [0.1, 0.15) is 5.82 Å². The maximum absolute atomic E-state index is 11.6. The van der Waals surface area contributed by atoms with E-state index < -0.39 is 5.97 Å². The van der Waals surface area contributed by atoms with E-state index in [1.807, 2.05) is 18.0 Å². The first-order valence-corrected chi connectivity index (χ1v) is 7.07. The SMILES string of the molecule is COC(=O)c1cc(N(C)CCc2cccs2)ncc1N. The Morgan fingerprint density at radius 3 is 3.00 bits per heavy atom. The number of carbonyl (C=O) groups excluding carboxylic acids is 1. The van der Waals surface area contributed by atoms with E-state index in [4.69, 9.17) is 10.5 Å². The summed E-state index contributed by atoms with van der Waals surface area (Å²) < 4.78 is 4.71. The van der Waals surface area contributed by atoms with Gasteiger partial charge >= 0.3 is 5.97 Å². The van der Waals surface area contributed by atoms with Crippen LogP contribution in [0.4, 0.5) is 11.5 Å². The third-order valence-electron chi connectivity index (χ3n) is 2.99. The van der Waals surface area contributed by atoms with Gasteiger partial charge in [0.2, 0.25) is 0 Å². The quantitative estimate of drug-likeness (QED) is 0.855. The highest BCUT2D eigenvalue weighted by Crippen LogP contribution is 2.19. The number of ether oxygens (including phenoxy) is 1. The predicted molar refractivity (Wildman–Crippen MR) is 81.3 cm³/mol. The average Bonchev–Trinajstić information content (AvgIpc) is 2.97. The molecule has 2 heterocycles. The number of nitrogens with zero attached hydrogens (tertiary/aromatic N) is 2. The first-order chi connectivity index (χ1) is 9.61. The lowest BCUT2D eigenvalue weighted by atomic mass is 10.2. The Labute approximate surface area is 122 Å². The van der Waals surface area contributed by atoms with E-state index in [2.05, 4.69) is 16.4 Å². The number of nitrogen functional groups attached to an aromatic ring is 1. The molecular weight excluding hydrogens is 274 g/mol. The molecule has 0 aromatic carbocycles. The highest BCUT2D eigenvalue weighted by Gasteiger charge is 2.13. The van der Waals surface area contributed by atoms with Crippen LogP contribution in [0.3, 0.4) is 0 Å². The van der Waals surface area contributed by atoms with Crippen molar-refractivity contribution in [3.8, 4) is 0 Å². The van der Waals surface area contributed by atoms with Crippen LogP contribution in [0.15, 0.2) is 29.8 Å². The number of likely N-dealkylation sites (N-methyl/N-ethyl adjacent to an activating group) is 1. The second-order valence-corrected chi connectivity index (χ2v) is 5.40. The molecule has 0 bridgehead atoms. The Morgan fingerprint density at radius 2 is 2.35 bits per heavy atom. The molecule has 0 fully saturated rings. The zero-order chi connectivity index (χ0) is 14.5. The summed E-state index contributed by atoms with van der Waals surface area (Å²) in [6.45, 7) is 0.818. The number of hydrogen-bond donors (Lipinski definition) is 1. The Morgan fingerprint density at radius 1 is 1.55 bits per heavy atom. The van der Waals surface area contributed by atoms with Crippen molar-refractivity contribution in [1.29, 1.82) is 0 Å². The third kappa shape index (κ3) is 3.27. The molecule has 0 spiro atoms. The van der Waals surface area contributed by atoms with Crippen molar-refractivity contribution in [3.05, 3.63) is 40.2 Å². The number of thiophene rings is 1. The Kier molecular flexibility index (Phi) is 4.57. The van der Waals surface area contributed by atoms with E-state index >= 15 is 0 Å². The average molecular weight is 291 g/mol. The van der Waals surface area contributed by atoms with Gasteiger partial charge in [-0.1, -0.05) is 6.07 Å². The summed E-state index contributed by atoms with van der Waals surface area (Å²) in [4.78, 5) is 19.2. The van der Waals surface area contributed by atoms with Crippen LogP contribution in [-0.2, 0) is 11.2 Å². The summed E-state index contributed by atoms with van der Waals surface area (Å²) in [6.07, 6.45) is 2.43. The zero-order valence-electron chi connectivity index (χ0n) is 11.5. The van der Waals surface area contributed by atoms with Crippen molar-refractivity contribution < 1.29 is 9.53 Å². The van der Waals surface area contributed by atoms with E-state index in [9.17, 15) is 4.79 Å². The summed E-state index contributed by atoms with van der Waals surface area (Å²) in [6, 6.07) is 5.81. The lowest BCUT2D eigenvalue weighted by molar-refractivity contribution is 0.0602. The van der Waals surface area contributed by atoms with Crippen LogP contribution in [0.2, 0.25) is 0 Å². The standard InChI is InChI=1S/C14H17N3O2S/c1-17(6-5-10-4-3-7-20-10)13-8-11(14(18)19-2)12(15)9-16-13/h3-4,7-9H,5-6,15H2,1-2H3. The van der Waals surface area contributed by atoms with Crippen LogP contribution >= 0.6 is 11.3 Å². The molecule has 20 heavy (non-hydrogen) atoms. The number of anilines is 2. The van der Waals surface area contributed by atoms with Crippen LogP contribution < -0.4 is 10.6 Å². The molecular formula is C14H17N3O2S. The number of carbonyl (C=O) groups is 1. The zero-order valence-corrected chi connectivity index (χ0v) is 12.3. The second kappa shape index (κ2) is 6.38. The van der Waals surface area contributed by atoms with E-state index in [1.165, 1.54) is 18.2 Å². The maximum atomic E-state index is 11.6. The van der Waals surface area contributed by atoms with Gasteiger partial charge in [0.25, 0.3) is 0 Å². The van der Waals surface area contributed by atoms with Crippen LogP contribution in [0, 0.1) is 0 Å². The molecule has 0 amide bonds. The minimum atomic E-state index is -0.446. The number of rotatable bonds is 5. The highest BCUT2D eigenvalue weighted by molar-refractivity contribution is 7.09. The first-order valence-electron chi connectivity index (χ1n) is 6.19. The molecule has 2 rings (SSSR count). The van der Waals surface area contributed by atoms with Gasteiger partial charge < -0.3 is 15.4 Å². The number of methoxy groups -OCH3 is 1. The van der Waals surface area contributed by atoms with Crippen LogP contribution in [0.5, 0.6) is 0 Å². The van der Waals surface area contributed by atoms with Crippen molar-refractivity contribution in [2.24, 2.45) is 0 Å². The van der Waals surface area contributed by atoms with Crippen molar-refractivity contribution >= 4 is 28.8 Å². The van der Waals surface area contributed by atoms with Gasteiger partial charge in [-0.25, -0.2) is 9.78 Å². The molecule has 0 saturated heterocycles. The topological polar surface area (TPSA) is 68.5 Å². The number of nitrogens with two attached hydrogens (primary N) is 1. The molecule has 0 saturated carbocycles. The summed E-state index contributed by atoms with van der Waals surface area (Å²) in [7, 11) is 3.27. The van der Waals surface area contributed by atoms with E-state index in [0.717, 1.165) is 13.0 Å². The van der Waals surface area contributed by atoms with E-state index in [0.29, 0.717) is 17.1 Å². The Hall–Kier alpha value is -2.08. The fourth-order valence-corrected chi connectivity index (χ4v) is 2.50. The number of pyridine rings is 1. The monoisotopic (exact) mass is 291 g/mol. The summed E-state index contributed by atoms with van der Waals surface area (Å²) in [5.74, 6) is 0.258. The fraction of sp³-hybridized carbons (Fsp3) is 0.286. The fourth-order valence-electron chi connectivity index (χ4n) is 1.80. The summed E-state index contributed by atoms with van der Waals surface area (Å²) in [5.41, 5.74) is 6.41. The van der Waals surface area contributed by atoms with Crippen LogP contribution in [0.25, 0.3) is 0 Å². The van der Waals surface area contributed by atoms with Gasteiger partial charge in [-0.15, -0.1) is 11.3 Å². The smallest absolute Gasteiger partial charge is 0.340 e. The number of esters is 1. The molecule has 0 radical (unpaired) electrons. The highest BCUT2D eigenvalue weighted by atomic mass is 32.1. The normalized spacial score (nSPS) is 10.3. The largest absolute Gasteiger partial charge is 0.465 e. The van der Waals surface area contributed by atoms with Gasteiger partial charge in [-0.3, -0.25) is 0 Å². The maximum Gasteiger partial charge on any atom is 0.340 e. The van der Waals surface area contributed by atoms with E-state index in [1.54, 1.807) is 17.4 Å². The van der Waals surface area contributed by atoms with Crippen molar-refractivity contribution in [3.63, 3.8) is 0 Å². The first kappa shape index (κ1) is 14.3. The predicted octanol–water partition coefficient (Wildman–Crippen LogP) is 2.19. The van der Waals surface area contributed by atoms with Gasteiger partial charge in [0, 0.05) is 18.5 Å². The molecule has 2 aromatic rings. The van der Waals surface area contributed by atoms with Gasteiger partial charge in [0.15, 0.2) is 0 Å². The van der Waals surface area contributed by atoms with Gasteiger partial charge in [0.05, 0.1) is 24.6 Å². The van der Waals surface area contributed by atoms with Crippen molar-refractivity contribution in [2.75, 3.05) is 31.3 Å². The van der Waals surface area contributed by atoms with Crippen molar-refractivity contribution in [1.82, 2.24) is 4.98 Å². The molecule has 2 aromatic heterocycles. The minimum absolute atomic E-state index is 0.326. The van der Waals surface area contributed by atoms with Gasteiger partial charge in [-0.05, 0) is 23.9 Å². The lowest BCUT2D eigenvalue weighted by Gasteiger charge is -2.18. The molecule has 0 aliphatic heterocycles. The molecule has 0 atom stereocenters. The van der Waals surface area contributed by atoms with Crippen LogP contribution in [-0.4, -0.2) is 31.7 Å². The lowest BCUT2D eigenvalue weighted by Crippen LogP contribution is -2.22. The Balaban J connectivity index is 2.09. The van der Waals surface area contributed by atoms with Gasteiger partial charge in [-0.2, -0.15) is 0 Å². The van der Waals surface area contributed by atoms with Crippen LogP contribution in [0.1, 0.15) is 15.2 Å². The molecule has 0 unspecified atom stereocenters. The molecule has 106 valence electrons. The molecule has 0 aliphatic rings. The summed E-state index contributed by atoms with van der Waals surface area (Å²) in [5, 5.41) is 2.06. The molecule has 0 aliphatic carbocycles. The van der Waals surface area contributed by atoms with E-state index in [-0.39, 0.29) is 0 Å².